The molecule has 0 amide bonds. The molecule has 2 aromatic rings. The second kappa shape index (κ2) is 6.16. The summed E-state index contributed by atoms with van der Waals surface area (Å²) < 4.78 is 28.2. The van der Waals surface area contributed by atoms with Gasteiger partial charge in [-0.05, 0) is 17.5 Å². The molecule has 5 heteroatoms. The molecule has 0 aliphatic rings. The van der Waals surface area contributed by atoms with Gasteiger partial charge in [0.05, 0.1) is 0 Å². The molecule has 0 spiro atoms. The van der Waals surface area contributed by atoms with Gasteiger partial charge in [0.2, 0.25) is 0 Å². The van der Waals surface area contributed by atoms with E-state index in [0.29, 0.717) is 17.5 Å². The average molecular weight is 276 g/mol. The van der Waals surface area contributed by atoms with Crippen LogP contribution in [0, 0.1) is 11.6 Å². The molecule has 0 bridgehead atoms. The molecule has 2 rings (SSSR count). The standard InChI is InChI=1S/C15H15BF2O2/c1-2-6-11-9-12(16(19)20)14(17)15(18)13(11)10-7-4-3-5-8-10/h3-5,7-9,19-20H,2,6H2,1H3. The highest BCUT2D eigenvalue weighted by atomic mass is 19.2. The number of rotatable bonds is 4. The number of hydrogen-bond acceptors (Lipinski definition) is 2. The van der Waals surface area contributed by atoms with E-state index in [1.165, 1.54) is 6.07 Å². The van der Waals surface area contributed by atoms with Crippen LogP contribution in [-0.4, -0.2) is 17.2 Å². The quantitative estimate of drug-likeness (QED) is 0.841. The Morgan fingerprint density at radius 3 is 2.25 bits per heavy atom. The summed E-state index contributed by atoms with van der Waals surface area (Å²) in [5, 5.41) is 18.3. The molecule has 0 atom stereocenters. The molecule has 104 valence electrons. The third-order valence-electron chi connectivity index (χ3n) is 3.18. The van der Waals surface area contributed by atoms with E-state index in [1.807, 2.05) is 6.92 Å². The van der Waals surface area contributed by atoms with Crippen molar-refractivity contribution in [3.05, 3.63) is 53.6 Å². The molecule has 20 heavy (non-hydrogen) atoms. The van der Waals surface area contributed by atoms with Crippen molar-refractivity contribution >= 4 is 12.6 Å². The summed E-state index contributed by atoms with van der Waals surface area (Å²) >= 11 is 0. The molecule has 2 aromatic carbocycles. The molecule has 0 saturated heterocycles. The van der Waals surface area contributed by atoms with Gasteiger partial charge in [0.25, 0.3) is 0 Å². The van der Waals surface area contributed by atoms with Crippen LogP contribution in [0.25, 0.3) is 11.1 Å². The van der Waals surface area contributed by atoms with Gasteiger partial charge in [-0.15, -0.1) is 0 Å². The van der Waals surface area contributed by atoms with E-state index in [0.717, 1.165) is 6.42 Å². The molecule has 0 radical (unpaired) electrons. The van der Waals surface area contributed by atoms with Crippen molar-refractivity contribution in [1.29, 1.82) is 0 Å². The second-order valence-corrected chi connectivity index (χ2v) is 4.62. The van der Waals surface area contributed by atoms with Crippen molar-refractivity contribution in [2.75, 3.05) is 0 Å². The summed E-state index contributed by atoms with van der Waals surface area (Å²) in [6, 6.07) is 10.0. The highest BCUT2D eigenvalue weighted by Gasteiger charge is 2.25. The van der Waals surface area contributed by atoms with Gasteiger partial charge < -0.3 is 10.0 Å². The Morgan fingerprint density at radius 2 is 1.70 bits per heavy atom. The van der Waals surface area contributed by atoms with Crippen molar-refractivity contribution < 1.29 is 18.8 Å². The maximum atomic E-state index is 14.3. The largest absolute Gasteiger partial charge is 0.491 e. The van der Waals surface area contributed by atoms with Crippen LogP contribution in [0.1, 0.15) is 18.9 Å². The first-order valence-corrected chi connectivity index (χ1v) is 6.48. The van der Waals surface area contributed by atoms with Gasteiger partial charge in [0, 0.05) is 11.0 Å². The summed E-state index contributed by atoms with van der Waals surface area (Å²) in [6.07, 6.45) is 1.27. The average Bonchev–Trinajstić information content (AvgIpc) is 2.44. The highest BCUT2D eigenvalue weighted by molar-refractivity contribution is 6.58. The van der Waals surface area contributed by atoms with Crippen molar-refractivity contribution in [1.82, 2.24) is 0 Å². The lowest BCUT2D eigenvalue weighted by Crippen LogP contribution is -2.34. The Morgan fingerprint density at radius 1 is 1.05 bits per heavy atom. The van der Waals surface area contributed by atoms with Crippen molar-refractivity contribution in [2.24, 2.45) is 0 Å². The third-order valence-corrected chi connectivity index (χ3v) is 3.18. The second-order valence-electron chi connectivity index (χ2n) is 4.62. The fourth-order valence-electron chi connectivity index (χ4n) is 2.27. The van der Waals surface area contributed by atoms with Crippen LogP contribution >= 0.6 is 0 Å². The normalized spacial score (nSPS) is 10.7. The van der Waals surface area contributed by atoms with Gasteiger partial charge >= 0.3 is 7.12 Å². The van der Waals surface area contributed by atoms with Gasteiger partial charge in [-0.2, -0.15) is 0 Å². The minimum absolute atomic E-state index is 0.189. The number of aryl methyl sites for hydroxylation is 1. The molecule has 0 unspecified atom stereocenters. The molecule has 0 saturated carbocycles. The predicted octanol–water partition coefficient (Wildman–Crippen LogP) is 2.26. The highest BCUT2D eigenvalue weighted by Crippen LogP contribution is 2.28. The van der Waals surface area contributed by atoms with Crippen molar-refractivity contribution in [3.63, 3.8) is 0 Å². The Hall–Kier alpha value is -1.72. The monoisotopic (exact) mass is 276 g/mol. The third kappa shape index (κ3) is 2.74. The van der Waals surface area contributed by atoms with E-state index in [-0.39, 0.29) is 5.56 Å². The molecule has 0 aromatic heterocycles. The lowest BCUT2D eigenvalue weighted by Gasteiger charge is -2.14. The Labute approximate surface area is 116 Å². The maximum Gasteiger partial charge on any atom is 0.491 e. The van der Waals surface area contributed by atoms with Crippen LogP contribution < -0.4 is 5.46 Å². The molecule has 0 fully saturated rings. The van der Waals surface area contributed by atoms with Crippen LogP contribution in [0.15, 0.2) is 36.4 Å². The van der Waals surface area contributed by atoms with Crippen molar-refractivity contribution in [3.8, 4) is 11.1 Å². The summed E-state index contributed by atoms with van der Waals surface area (Å²) in [6.45, 7) is 1.92. The number of benzene rings is 2. The molecular weight excluding hydrogens is 261 g/mol. The summed E-state index contributed by atoms with van der Waals surface area (Å²) in [5.41, 5.74) is 0.909. The maximum absolute atomic E-state index is 14.3. The van der Waals surface area contributed by atoms with Crippen LogP contribution in [0.4, 0.5) is 8.78 Å². The smallest absolute Gasteiger partial charge is 0.423 e. The zero-order chi connectivity index (χ0) is 14.7. The minimum atomic E-state index is -2.02. The Balaban J connectivity index is 2.69. The molecule has 2 nitrogen and oxygen atoms in total. The Bertz CT molecular complexity index is 601. The lowest BCUT2D eigenvalue weighted by atomic mass is 9.77. The molecule has 0 aliphatic carbocycles. The minimum Gasteiger partial charge on any atom is -0.423 e. The summed E-state index contributed by atoms with van der Waals surface area (Å²) in [4.78, 5) is 0. The van der Waals surface area contributed by atoms with E-state index in [1.54, 1.807) is 30.3 Å². The van der Waals surface area contributed by atoms with Gasteiger partial charge in [-0.3, -0.25) is 0 Å². The van der Waals surface area contributed by atoms with Crippen LogP contribution in [0.2, 0.25) is 0 Å². The molecule has 0 aliphatic heterocycles. The number of halogens is 2. The van der Waals surface area contributed by atoms with Gasteiger partial charge in [-0.1, -0.05) is 49.7 Å². The fourth-order valence-corrected chi connectivity index (χ4v) is 2.27. The first-order valence-electron chi connectivity index (χ1n) is 6.48. The van der Waals surface area contributed by atoms with Crippen LogP contribution in [-0.2, 0) is 6.42 Å². The molecule has 0 heterocycles. The zero-order valence-electron chi connectivity index (χ0n) is 11.1. The summed E-state index contributed by atoms with van der Waals surface area (Å²) in [5.74, 6) is -2.25. The first kappa shape index (κ1) is 14.7. The van der Waals surface area contributed by atoms with Crippen LogP contribution in [0.3, 0.4) is 0 Å². The van der Waals surface area contributed by atoms with E-state index in [9.17, 15) is 8.78 Å². The van der Waals surface area contributed by atoms with E-state index in [2.05, 4.69) is 0 Å². The lowest BCUT2D eigenvalue weighted by molar-refractivity contribution is 0.420. The van der Waals surface area contributed by atoms with Crippen molar-refractivity contribution in [2.45, 2.75) is 19.8 Å². The SMILES string of the molecule is CCCc1cc(B(O)O)c(F)c(F)c1-c1ccccc1. The summed E-state index contributed by atoms with van der Waals surface area (Å²) in [7, 11) is -2.02. The Kier molecular flexibility index (Phi) is 4.52. The van der Waals surface area contributed by atoms with E-state index >= 15 is 0 Å². The first-order chi connectivity index (χ1) is 9.56. The predicted molar refractivity (Wildman–Crippen MR) is 75.6 cm³/mol. The number of hydrogen-bond donors (Lipinski definition) is 2. The van der Waals surface area contributed by atoms with Crippen LogP contribution in [0.5, 0.6) is 0 Å². The van der Waals surface area contributed by atoms with Gasteiger partial charge in [0.1, 0.15) is 0 Å². The topological polar surface area (TPSA) is 40.5 Å². The fraction of sp³-hybridized carbons (Fsp3) is 0.200. The molecule has 2 N–H and O–H groups in total. The molecular formula is C15H15BF2O2. The van der Waals surface area contributed by atoms with Gasteiger partial charge in [0.15, 0.2) is 11.6 Å². The zero-order valence-corrected chi connectivity index (χ0v) is 11.1. The van der Waals surface area contributed by atoms with E-state index < -0.39 is 24.2 Å². The van der Waals surface area contributed by atoms with Gasteiger partial charge in [-0.25, -0.2) is 8.78 Å². The van der Waals surface area contributed by atoms with E-state index in [4.69, 9.17) is 10.0 Å².